The van der Waals surface area contributed by atoms with Crippen molar-refractivity contribution < 1.29 is 19.0 Å². The van der Waals surface area contributed by atoms with Crippen LogP contribution in [0.5, 0.6) is 5.88 Å². The van der Waals surface area contributed by atoms with Crippen LogP contribution >= 0.6 is 22.9 Å². The monoisotopic (exact) mass is 472 g/mol. The van der Waals surface area contributed by atoms with E-state index < -0.39 is 5.79 Å². The van der Waals surface area contributed by atoms with Gasteiger partial charge in [0.2, 0.25) is 16.7 Å². The van der Waals surface area contributed by atoms with Gasteiger partial charge in [0.1, 0.15) is 0 Å². The van der Waals surface area contributed by atoms with Crippen LogP contribution in [0.3, 0.4) is 0 Å². The number of hydrogen-bond donors (Lipinski definition) is 1. The summed E-state index contributed by atoms with van der Waals surface area (Å²) in [6, 6.07) is 11.2. The molecule has 1 aromatic carbocycles. The van der Waals surface area contributed by atoms with Crippen molar-refractivity contribution in [3.63, 3.8) is 0 Å². The summed E-state index contributed by atoms with van der Waals surface area (Å²) in [5.41, 5.74) is 1.01. The Labute approximate surface area is 192 Å². The zero-order valence-electron chi connectivity index (χ0n) is 17.1. The third-order valence-corrected chi connectivity index (χ3v) is 7.40. The number of fused-ring (bicyclic) bond motifs is 1. The SMILES string of the molecule is Oc1c(C(c2cccc(Cl)c2)N2CCC3(CC2)OCCO3)sc2nc(-c3ccco3)nn12. The number of ether oxygens (including phenoxy) is 2. The number of likely N-dealkylation sites (tertiary alicyclic amines) is 1. The molecule has 32 heavy (non-hydrogen) atoms. The fourth-order valence-corrected chi connectivity index (χ4v) is 5.87. The fraction of sp³-hybridized carbons (Fsp3) is 0.364. The molecule has 0 bridgehead atoms. The number of aromatic hydroxyl groups is 1. The molecule has 2 fully saturated rings. The Hall–Kier alpha value is -2.43. The van der Waals surface area contributed by atoms with Crippen LogP contribution in [0.1, 0.15) is 29.3 Å². The van der Waals surface area contributed by atoms with Gasteiger partial charge in [-0.3, -0.25) is 4.90 Å². The van der Waals surface area contributed by atoms with E-state index >= 15 is 0 Å². The van der Waals surface area contributed by atoms with E-state index in [1.54, 1.807) is 18.4 Å². The van der Waals surface area contributed by atoms with E-state index in [-0.39, 0.29) is 11.9 Å². The van der Waals surface area contributed by atoms with Crippen LogP contribution in [0.2, 0.25) is 5.02 Å². The molecule has 2 aliphatic heterocycles. The highest BCUT2D eigenvalue weighted by Crippen LogP contribution is 2.43. The normalized spacial score (nSPS) is 19.8. The van der Waals surface area contributed by atoms with Crippen molar-refractivity contribution >= 4 is 27.9 Å². The van der Waals surface area contributed by atoms with E-state index in [9.17, 15) is 5.11 Å². The summed E-state index contributed by atoms with van der Waals surface area (Å²) in [6.45, 7) is 2.82. The van der Waals surface area contributed by atoms with Gasteiger partial charge >= 0.3 is 0 Å². The highest BCUT2D eigenvalue weighted by molar-refractivity contribution is 7.17. The molecular formula is C22H21ClN4O4S. The third-order valence-electron chi connectivity index (χ3n) is 6.09. The molecule has 166 valence electrons. The number of furan rings is 1. The summed E-state index contributed by atoms with van der Waals surface area (Å²) in [5, 5.41) is 16.3. The van der Waals surface area contributed by atoms with Gasteiger partial charge in [-0.25, -0.2) is 0 Å². The summed E-state index contributed by atoms with van der Waals surface area (Å²) in [4.78, 5) is 8.28. The smallest absolute Gasteiger partial charge is 0.230 e. The van der Waals surface area contributed by atoms with E-state index in [0.29, 0.717) is 34.8 Å². The number of benzene rings is 1. The van der Waals surface area contributed by atoms with Crippen LogP contribution < -0.4 is 0 Å². The standard InChI is InChI=1S/C22H21ClN4O4S/c23-15-4-1-3-14(13-15)17(26-8-6-22(7-9-26)30-11-12-31-22)18-20(28)27-21(32-18)24-19(25-27)16-5-2-10-29-16/h1-5,10,13,17,28H,6-9,11-12H2. The average Bonchev–Trinajstić information content (AvgIpc) is 3.58. The van der Waals surface area contributed by atoms with Crippen LogP contribution in [-0.2, 0) is 9.47 Å². The second kappa shape index (κ2) is 7.86. The Bertz CT molecular complexity index is 1240. The summed E-state index contributed by atoms with van der Waals surface area (Å²) >= 11 is 7.75. The van der Waals surface area contributed by atoms with Gasteiger partial charge in [-0.2, -0.15) is 9.50 Å². The van der Waals surface area contributed by atoms with E-state index in [2.05, 4.69) is 15.0 Å². The van der Waals surface area contributed by atoms with Gasteiger partial charge in [-0.1, -0.05) is 35.1 Å². The first-order valence-electron chi connectivity index (χ1n) is 10.5. The highest BCUT2D eigenvalue weighted by Gasteiger charge is 2.42. The maximum Gasteiger partial charge on any atom is 0.230 e. The zero-order valence-corrected chi connectivity index (χ0v) is 18.7. The van der Waals surface area contributed by atoms with Crippen molar-refractivity contribution in [2.75, 3.05) is 26.3 Å². The lowest BCUT2D eigenvalue weighted by atomic mass is 9.97. The first kappa shape index (κ1) is 20.2. The maximum atomic E-state index is 11.2. The fourth-order valence-electron chi connectivity index (χ4n) is 4.55. The molecule has 1 atom stereocenters. The number of hydrogen-bond acceptors (Lipinski definition) is 8. The van der Waals surface area contributed by atoms with E-state index in [0.717, 1.165) is 36.4 Å². The zero-order chi connectivity index (χ0) is 21.7. The van der Waals surface area contributed by atoms with Gasteiger partial charge in [0.15, 0.2) is 11.5 Å². The van der Waals surface area contributed by atoms with Gasteiger partial charge in [0.05, 0.1) is 30.4 Å². The molecule has 3 aromatic heterocycles. The molecule has 0 amide bonds. The molecule has 1 spiro atoms. The minimum Gasteiger partial charge on any atom is -0.492 e. The van der Waals surface area contributed by atoms with E-state index in [4.69, 9.17) is 25.5 Å². The topological polar surface area (TPSA) is 85.3 Å². The first-order chi connectivity index (χ1) is 15.6. The summed E-state index contributed by atoms with van der Waals surface area (Å²) in [5.74, 6) is 0.610. The van der Waals surface area contributed by atoms with Crippen LogP contribution in [-0.4, -0.2) is 56.7 Å². The van der Waals surface area contributed by atoms with Gasteiger partial charge in [-0.05, 0) is 29.8 Å². The molecule has 1 N–H and O–H groups in total. The Morgan fingerprint density at radius 1 is 1.12 bits per heavy atom. The quantitative estimate of drug-likeness (QED) is 0.473. The molecule has 5 heterocycles. The summed E-state index contributed by atoms with van der Waals surface area (Å²) in [7, 11) is 0. The van der Waals surface area contributed by atoms with Crippen molar-refractivity contribution in [3.05, 3.63) is 58.1 Å². The number of piperidine rings is 1. The van der Waals surface area contributed by atoms with Crippen molar-refractivity contribution in [1.82, 2.24) is 19.5 Å². The minimum atomic E-state index is -0.471. The van der Waals surface area contributed by atoms with E-state index in [1.165, 1.54) is 15.9 Å². The second-order valence-corrected chi connectivity index (χ2v) is 9.44. The van der Waals surface area contributed by atoms with Crippen LogP contribution in [0.25, 0.3) is 16.5 Å². The van der Waals surface area contributed by atoms with Gasteiger partial charge in [0.25, 0.3) is 0 Å². The Balaban J connectivity index is 1.38. The lowest BCUT2D eigenvalue weighted by Crippen LogP contribution is -2.46. The Morgan fingerprint density at radius 2 is 1.94 bits per heavy atom. The lowest BCUT2D eigenvalue weighted by molar-refractivity contribution is -0.187. The summed E-state index contributed by atoms with van der Waals surface area (Å²) < 4.78 is 18.7. The molecular weight excluding hydrogens is 452 g/mol. The molecule has 6 rings (SSSR count). The van der Waals surface area contributed by atoms with E-state index in [1.807, 2.05) is 24.3 Å². The lowest BCUT2D eigenvalue weighted by Gasteiger charge is -2.41. The number of nitrogens with zero attached hydrogens (tertiary/aromatic N) is 4. The molecule has 0 radical (unpaired) electrons. The predicted octanol–water partition coefficient (Wildman–Crippen LogP) is 4.34. The largest absolute Gasteiger partial charge is 0.492 e. The highest BCUT2D eigenvalue weighted by atomic mass is 35.5. The van der Waals surface area contributed by atoms with Gasteiger partial charge in [-0.15, -0.1) is 5.10 Å². The minimum absolute atomic E-state index is 0.0777. The molecule has 8 nitrogen and oxygen atoms in total. The summed E-state index contributed by atoms with van der Waals surface area (Å²) in [6.07, 6.45) is 3.12. The molecule has 2 aliphatic rings. The first-order valence-corrected chi connectivity index (χ1v) is 11.7. The third kappa shape index (κ3) is 3.41. The van der Waals surface area contributed by atoms with Crippen molar-refractivity contribution in [1.29, 1.82) is 0 Å². The van der Waals surface area contributed by atoms with Crippen LogP contribution in [0.15, 0.2) is 47.1 Å². The molecule has 2 saturated heterocycles. The second-order valence-electron chi connectivity index (χ2n) is 8.00. The average molecular weight is 473 g/mol. The molecule has 4 aromatic rings. The molecule has 10 heteroatoms. The Morgan fingerprint density at radius 3 is 2.62 bits per heavy atom. The van der Waals surface area contributed by atoms with Crippen molar-refractivity contribution in [2.45, 2.75) is 24.7 Å². The number of halogens is 1. The predicted molar refractivity (Wildman–Crippen MR) is 119 cm³/mol. The molecule has 0 saturated carbocycles. The van der Waals surface area contributed by atoms with Gasteiger partial charge < -0.3 is 19.0 Å². The number of rotatable bonds is 4. The maximum absolute atomic E-state index is 11.2. The molecule has 1 unspecified atom stereocenters. The number of aromatic nitrogens is 3. The van der Waals surface area contributed by atoms with Crippen molar-refractivity contribution in [2.24, 2.45) is 0 Å². The van der Waals surface area contributed by atoms with Crippen molar-refractivity contribution in [3.8, 4) is 17.5 Å². The van der Waals surface area contributed by atoms with Crippen LogP contribution in [0.4, 0.5) is 0 Å². The molecule has 0 aliphatic carbocycles. The van der Waals surface area contributed by atoms with Gasteiger partial charge in [0, 0.05) is 31.0 Å². The Kier molecular flexibility index (Phi) is 4.96. The number of thiazole rings is 1. The van der Waals surface area contributed by atoms with Crippen LogP contribution in [0, 0.1) is 0 Å².